The molecule has 6 nitrogen and oxygen atoms in total. The van der Waals surface area contributed by atoms with Crippen LogP contribution in [-0.2, 0) is 20.0 Å². The maximum atomic E-state index is 12.6. The molecule has 1 fully saturated rings. The molecule has 1 atom stereocenters. The molecule has 0 bridgehead atoms. The number of sulfonamides is 2. The van der Waals surface area contributed by atoms with Crippen LogP contribution >= 0.6 is 11.3 Å². The fraction of sp³-hybridized carbons (Fsp3) is 0.667. The van der Waals surface area contributed by atoms with E-state index < -0.39 is 20.0 Å². The summed E-state index contributed by atoms with van der Waals surface area (Å²) in [4.78, 5) is 0. The zero-order valence-electron chi connectivity index (χ0n) is 11.9. The van der Waals surface area contributed by atoms with Crippen LogP contribution in [0.4, 0.5) is 0 Å². The summed E-state index contributed by atoms with van der Waals surface area (Å²) in [5.41, 5.74) is 0. The Morgan fingerprint density at radius 3 is 2.71 bits per heavy atom. The van der Waals surface area contributed by atoms with Gasteiger partial charge in [-0.3, -0.25) is 0 Å². The summed E-state index contributed by atoms with van der Waals surface area (Å²) < 4.78 is 51.7. The molecule has 1 aromatic heterocycles. The van der Waals surface area contributed by atoms with Crippen molar-refractivity contribution in [2.45, 2.75) is 35.9 Å². The van der Waals surface area contributed by atoms with Crippen molar-refractivity contribution in [2.24, 2.45) is 0 Å². The van der Waals surface area contributed by atoms with Crippen molar-refractivity contribution in [1.82, 2.24) is 9.03 Å². The Morgan fingerprint density at radius 2 is 2.10 bits per heavy atom. The number of hydrogen-bond donors (Lipinski definition) is 1. The fourth-order valence-electron chi connectivity index (χ4n) is 2.52. The third kappa shape index (κ3) is 4.49. The molecule has 0 aromatic carbocycles. The highest BCUT2D eigenvalue weighted by molar-refractivity contribution is 7.91. The molecule has 2 heterocycles. The van der Waals surface area contributed by atoms with E-state index in [1.54, 1.807) is 17.5 Å². The van der Waals surface area contributed by atoms with Gasteiger partial charge in [-0.2, -0.15) is 4.31 Å². The standard InChI is InChI=1S/C12H20N2O4S3/c1-20(15,16)13-8-7-11-5-2-3-9-14(11)21(17,18)12-6-4-10-19-12/h4,6,10-11,13H,2-3,5,7-9H2,1H3. The number of hydrogen-bond acceptors (Lipinski definition) is 5. The zero-order chi connectivity index (χ0) is 15.5. The lowest BCUT2D eigenvalue weighted by Crippen LogP contribution is -2.44. The van der Waals surface area contributed by atoms with Gasteiger partial charge >= 0.3 is 0 Å². The van der Waals surface area contributed by atoms with Crippen molar-refractivity contribution in [2.75, 3.05) is 19.3 Å². The van der Waals surface area contributed by atoms with Gasteiger partial charge in [-0.05, 0) is 30.7 Å². The van der Waals surface area contributed by atoms with E-state index in [0.717, 1.165) is 25.5 Å². The Labute approximate surface area is 130 Å². The number of nitrogens with one attached hydrogen (secondary N) is 1. The van der Waals surface area contributed by atoms with Crippen LogP contribution in [0.3, 0.4) is 0 Å². The van der Waals surface area contributed by atoms with Gasteiger partial charge in [0.1, 0.15) is 4.21 Å². The minimum Gasteiger partial charge on any atom is -0.215 e. The quantitative estimate of drug-likeness (QED) is 0.835. The molecule has 0 radical (unpaired) electrons. The van der Waals surface area contributed by atoms with Crippen molar-refractivity contribution in [1.29, 1.82) is 0 Å². The van der Waals surface area contributed by atoms with E-state index in [4.69, 9.17) is 0 Å². The predicted molar refractivity (Wildman–Crippen MR) is 83.3 cm³/mol. The van der Waals surface area contributed by atoms with Crippen molar-refractivity contribution < 1.29 is 16.8 Å². The molecule has 21 heavy (non-hydrogen) atoms. The van der Waals surface area contributed by atoms with Crippen LogP contribution in [0.5, 0.6) is 0 Å². The van der Waals surface area contributed by atoms with Crippen LogP contribution in [0.25, 0.3) is 0 Å². The van der Waals surface area contributed by atoms with E-state index in [2.05, 4.69) is 4.72 Å². The molecule has 9 heteroatoms. The molecule has 1 aliphatic rings. The normalized spacial score (nSPS) is 21.5. The van der Waals surface area contributed by atoms with Gasteiger partial charge in [-0.1, -0.05) is 12.5 Å². The van der Waals surface area contributed by atoms with Gasteiger partial charge in [0.05, 0.1) is 6.26 Å². The Bertz CT molecular complexity index is 653. The van der Waals surface area contributed by atoms with Crippen LogP contribution in [0.2, 0.25) is 0 Å². The molecule has 0 spiro atoms. The highest BCUT2D eigenvalue weighted by Crippen LogP contribution is 2.28. The average Bonchev–Trinajstić information content (AvgIpc) is 2.92. The first-order valence-corrected chi connectivity index (χ1v) is 11.0. The maximum absolute atomic E-state index is 12.6. The van der Waals surface area contributed by atoms with Gasteiger partial charge in [-0.25, -0.2) is 21.6 Å². The van der Waals surface area contributed by atoms with Crippen molar-refractivity contribution >= 4 is 31.4 Å². The molecule has 120 valence electrons. The molecule has 1 aromatic rings. The molecule has 2 rings (SSSR count). The van der Waals surface area contributed by atoms with Gasteiger partial charge in [0, 0.05) is 19.1 Å². The largest absolute Gasteiger partial charge is 0.252 e. The molecule has 1 unspecified atom stereocenters. The second-order valence-electron chi connectivity index (χ2n) is 5.15. The first-order valence-electron chi connectivity index (χ1n) is 6.81. The van der Waals surface area contributed by atoms with Gasteiger partial charge in [0.2, 0.25) is 10.0 Å². The summed E-state index contributed by atoms with van der Waals surface area (Å²) in [5.74, 6) is 0. The summed E-state index contributed by atoms with van der Waals surface area (Å²) in [6.45, 7) is 0.768. The van der Waals surface area contributed by atoms with E-state index in [1.807, 2.05) is 0 Å². The first kappa shape index (κ1) is 16.9. The number of thiophene rings is 1. The highest BCUT2D eigenvalue weighted by atomic mass is 32.2. The Kier molecular flexibility index (Phi) is 5.42. The third-order valence-electron chi connectivity index (χ3n) is 3.47. The number of piperidine rings is 1. The summed E-state index contributed by atoms with van der Waals surface area (Å²) in [6, 6.07) is 3.20. The van der Waals surface area contributed by atoms with Crippen molar-refractivity contribution in [3.8, 4) is 0 Å². The van der Waals surface area contributed by atoms with E-state index in [0.29, 0.717) is 17.2 Å². The smallest absolute Gasteiger partial charge is 0.215 e. The lowest BCUT2D eigenvalue weighted by molar-refractivity contribution is 0.242. The highest BCUT2D eigenvalue weighted by Gasteiger charge is 2.33. The first-order chi connectivity index (χ1) is 9.81. The van der Waals surface area contributed by atoms with E-state index in [9.17, 15) is 16.8 Å². The summed E-state index contributed by atoms with van der Waals surface area (Å²) in [6.07, 6.45) is 4.20. The van der Waals surface area contributed by atoms with E-state index in [-0.39, 0.29) is 12.6 Å². The Morgan fingerprint density at radius 1 is 1.33 bits per heavy atom. The van der Waals surface area contributed by atoms with Crippen LogP contribution in [-0.4, -0.2) is 46.5 Å². The second kappa shape index (κ2) is 6.74. The summed E-state index contributed by atoms with van der Waals surface area (Å²) >= 11 is 1.21. The second-order valence-corrected chi connectivity index (χ2v) is 10.1. The lowest BCUT2D eigenvalue weighted by Gasteiger charge is -2.34. The number of nitrogens with zero attached hydrogens (tertiary/aromatic N) is 1. The summed E-state index contributed by atoms with van der Waals surface area (Å²) in [5, 5.41) is 1.75. The molecule has 0 amide bonds. The number of rotatable bonds is 6. The van der Waals surface area contributed by atoms with Crippen LogP contribution in [0.1, 0.15) is 25.7 Å². The van der Waals surface area contributed by atoms with Gasteiger partial charge in [-0.15, -0.1) is 11.3 Å². The van der Waals surface area contributed by atoms with Gasteiger partial charge in [0.15, 0.2) is 0 Å². The Balaban J connectivity index is 2.09. The maximum Gasteiger partial charge on any atom is 0.252 e. The van der Waals surface area contributed by atoms with Crippen molar-refractivity contribution in [3.05, 3.63) is 17.5 Å². The summed E-state index contributed by atoms with van der Waals surface area (Å²) in [7, 11) is -6.70. The van der Waals surface area contributed by atoms with Crippen LogP contribution in [0, 0.1) is 0 Å². The Hall–Kier alpha value is -0.480. The van der Waals surface area contributed by atoms with E-state index in [1.165, 1.54) is 15.6 Å². The van der Waals surface area contributed by atoms with Crippen LogP contribution in [0.15, 0.2) is 21.7 Å². The fourth-order valence-corrected chi connectivity index (χ4v) is 5.85. The molecule has 1 aliphatic heterocycles. The van der Waals surface area contributed by atoms with Crippen molar-refractivity contribution in [3.63, 3.8) is 0 Å². The molecule has 0 aliphatic carbocycles. The van der Waals surface area contributed by atoms with E-state index >= 15 is 0 Å². The average molecular weight is 353 g/mol. The molecular formula is C12H20N2O4S3. The molecule has 0 saturated carbocycles. The lowest BCUT2D eigenvalue weighted by atomic mass is 10.0. The van der Waals surface area contributed by atoms with Crippen LogP contribution < -0.4 is 4.72 Å². The predicted octanol–water partition coefficient (Wildman–Crippen LogP) is 1.23. The monoisotopic (exact) mass is 352 g/mol. The SMILES string of the molecule is CS(=O)(=O)NCCC1CCCCN1S(=O)(=O)c1cccs1. The van der Waals surface area contributed by atoms with Gasteiger partial charge < -0.3 is 0 Å². The van der Waals surface area contributed by atoms with Gasteiger partial charge in [0.25, 0.3) is 10.0 Å². The minimum atomic E-state index is -3.46. The molecule has 1 saturated heterocycles. The molecule has 1 N–H and O–H groups in total. The third-order valence-corrected chi connectivity index (χ3v) is 7.53. The molecular weight excluding hydrogens is 332 g/mol. The topological polar surface area (TPSA) is 83.6 Å². The minimum absolute atomic E-state index is 0.139. The zero-order valence-corrected chi connectivity index (χ0v) is 14.3.